The number of hydrogen-bond donors (Lipinski definition) is 0. The molecule has 5 heteroatoms. The fourth-order valence-corrected chi connectivity index (χ4v) is 9.79. The zero-order chi connectivity index (χ0) is 22.3. The Hall–Kier alpha value is -1.81. The van der Waals surface area contributed by atoms with Crippen LogP contribution in [-0.2, 0) is 10.0 Å². The van der Waals surface area contributed by atoms with E-state index >= 15 is 0 Å². The van der Waals surface area contributed by atoms with Gasteiger partial charge in [0, 0.05) is 0 Å². The molecule has 3 unspecified atom stereocenters. The van der Waals surface area contributed by atoms with E-state index < -0.39 is 10.0 Å². The van der Waals surface area contributed by atoms with Gasteiger partial charge in [0.15, 0.2) is 0 Å². The second-order valence-electron chi connectivity index (χ2n) is 8.80. The summed E-state index contributed by atoms with van der Waals surface area (Å²) < 4.78 is 31.4. The van der Waals surface area contributed by atoms with Crippen molar-refractivity contribution in [2.75, 3.05) is 0 Å². The predicted molar refractivity (Wildman–Crippen MR) is 129 cm³/mol. The number of nitrogens with zero attached hydrogens (tertiary/aromatic N) is 1. The molecule has 0 radical (unpaired) electrons. The normalized spacial score (nSPS) is 23.5. The molecule has 3 nitrogen and oxygen atoms in total. The number of benzene rings is 2. The van der Waals surface area contributed by atoms with Gasteiger partial charge in [-0.05, 0) is 0 Å². The van der Waals surface area contributed by atoms with Gasteiger partial charge in [-0.3, -0.25) is 0 Å². The van der Waals surface area contributed by atoms with Crippen molar-refractivity contribution >= 4 is 29.4 Å². The molecule has 0 aromatic heterocycles. The van der Waals surface area contributed by atoms with Crippen molar-refractivity contribution in [1.82, 2.24) is 4.31 Å². The molecule has 2 aromatic carbocycles. The molecule has 2 aliphatic rings. The van der Waals surface area contributed by atoms with Crippen molar-refractivity contribution in [3.8, 4) is 0 Å². The Kier molecular flexibility index (Phi) is 6.22. The van der Waals surface area contributed by atoms with Gasteiger partial charge in [0.25, 0.3) is 0 Å². The van der Waals surface area contributed by atoms with Gasteiger partial charge in [-0.25, -0.2) is 0 Å². The van der Waals surface area contributed by atoms with Crippen molar-refractivity contribution in [2.24, 2.45) is 5.92 Å². The average molecular weight is 501 g/mol. The number of allylic oxidation sites excluding steroid dienone is 4. The van der Waals surface area contributed by atoms with Gasteiger partial charge < -0.3 is 0 Å². The van der Waals surface area contributed by atoms with Crippen LogP contribution >= 0.6 is 0 Å². The molecular weight excluding hydrogens is 469 g/mol. The van der Waals surface area contributed by atoms with E-state index in [9.17, 15) is 8.42 Å². The molecule has 1 saturated heterocycles. The maximum absolute atomic E-state index is 14.1. The van der Waals surface area contributed by atoms with Gasteiger partial charge in [-0.1, -0.05) is 0 Å². The molecule has 1 fully saturated rings. The molecule has 3 atom stereocenters. The van der Waals surface area contributed by atoms with Crippen LogP contribution in [-0.4, -0.2) is 33.7 Å². The number of aryl methyl sites for hydroxylation is 2. The van der Waals surface area contributed by atoms with Crippen LogP contribution in [0, 0.1) is 33.6 Å². The van der Waals surface area contributed by atoms with E-state index in [0.29, 0.717) is 9.71 Å². The third-order valence-corrected chi connectivity index (χ3v) is 11.7. The van der Waals surface area contributed by atoms with Gasteiger partial charge in [-0.2, -0.15) is 0 Å². The summed E-state index contributed by atoms with van der Waals surface area (Å²) in [5.41, 5.74) is 4.78. The first-order valence-corrected chi connectivity index (χ1v) is 14.2. The summed E-state index contributed by atoms with van der Waals surface area (Å²) in [6, 6.07) is 12.7. The van der Waals surface area contributed by atoms with Crippen LogP contribution in [0.5, 0.6) is 0 Å². The number of fused-ring (bicyclic) bond motifs is 1. The zero-order valence-electron chi connectivity index (χ0n) is 18.9. The van der Waals surface area contributed by atoms with Gasteiger partial charge in [0.2, 0.25) is 0 Å². The average Bonchev–Trinajstić information content (AvgIpc) is 2.73. The number of piperidine rings is 1. The fourth-order valence-electron chi connectivity index (χ4n) is 4.85. The van der Waals surface area contributed by atoms with Crippen LogP contribution < -0.4 is 4.46 Å². The molecule has 0 bridgehead atoms. The molecule has 0 amide bonds. The summed E-state index contributed by atoms with van der Waals surface area (Å²) in [7, 11) is -3.65. The molecule has 1 aliphatic heterocycles. The third kappa shape index (κ3) is 4.04. The Balaban J connectivity index is 1.75. The number of rotatable bonds is 4. The minimum atomic E-state index is -3.65. The second-order valence-corrected chi connectivity index (χ2v) is 13.2. The molecule has 1 heterocycles. The SMILES string of the molecule is Cc1cc(C)c(C)c(S(=O)(=O)N2C3=CC=CC([Se]c4ccccc4)C3CCC2C)c1C. The molecule has 2 aromatic rings. The predicted octanol–water partition coefficient (Wildman–Crippen LogP) is 4.98. The molecule has 31 heavy (non-hydrogen) atoms. The van der Waals surface area contributed by atoms with E-state index in [-0.39, 0.29) is 26.9 Å². The van der Waals surface area contributed by atoms with Gasteiger partial charge >= 0.3 is 194 Å². The van der Waals surface area contributed by atoms with Gasteiger partial charge in [-0.15, -0.1) is 0 Å². The Morgan fingerprint density at radius 3 is 2.26 bits per heavy atom. The first kappa shape index (κ1) is 22.4. The molecule has 0 saturated carbocycles. The molecule has 4 rings (SSSR count). The van der Waals surface area contributed by atoms with Gasteiger partial charge in [0.1, 0.15) is 0 Å². The second kappa shape index (κ2) is 8.61. The fraction of sp³-hybridized carbons (Fsp3) is 0.385. The van der Waals surface area contributed by atoms with Crippen molar-refractivity contribution in [1.29, 1.82) is 0 Å². The Morgan fingerprint density at radius 1 is 0.968 bits per heavy atom. The van der Waals surface area contributed by atoms with Crippen LogP contribution in [0.2, 0.25) is 4.82 Å². The van der Waals surface area contributed by atoms with Crippen LogP contribution in [0.3, 0.4) is 0 Å². The summed E-state index contributed by atoms with van der Waals surface area (Å²) in [6.45, 7) is 9.94. The topological polar surface area (TPSA) is 37.4 Å². The number of sulfonamides is 1. The summed E-state index contributed by atoms with van der Waals surface area (Å²) in [6.07, 6.45) is 8.33. The Morgan fingerprint density at radius 2 is 1.61 bits per heavy atom. The third-order valence-electron chi connectivity index (χ3n) is 6.72. The van der Waals surface area contributed by atoms with Crippen LogP contribution in [0.15, 0.2) is 65.2 Å². The first-order chi connectivity index (χ1) is 14.7. The van der Waals surface area contributed by atoms with E-state index in [0.717, 1.165) is 40.8 Å². The van der Waals surface area contributed by atoms with E-state index in [2.05, 4.69) is 49.4 Å². The van der Waals surface area contributed by atoms with Crippen molar-refractivity contribution in [3.63, 3.8) is 0 Å². The Bertz CT molecular complexity index is 1130. The monoisotopic (exact) mass is 501 g/mol. The summed E-state index contributed by atoms with van der Waals surface area (Å²) in [5.74, 6) is 0.252. The standard InChI is InChI=1S/C26H31NO2SSe/c1-17-16-18(2)21(5)26(20(17)4)30(28,29)27-19(3)14-15-23-24(27)12-9-13-25(23)31-22-10-7-6-8-11-22/h6-13,16,19,23,25H,14-15H2,1-5H3. The maximum atomic E-state index is 14.1. The van der Waals surface area contributed by atoms with Crippen molar-refractivity contribution in [2.45, 2.75) is 63.2 Å². The first-order valence-electron chi connectivity index (χ1n) is 10.9. The molecule has 0 spiro atoms. The van der Waals surface area contributed by atoms with E-state index in [1.165, 1.54) is 4.46 Å². The minimum absolute atomic E-state index is 0.0384. The zero-order valence-corrected chi connectivity index (χ0v) is 21.5. The quantitative estimate of drug-likeness (QED) is 0.556. The van der Waals surface area contributed by atoms with Crippen LogP contribution in [0.25, 0.3) is 0 Å². The number of hydrogen-bond acceptors (Lipinski definition) is 2. The summed E-state index contributed by atoms with van der Waals surface area (Å²) >= 11 is 0.268. The summed E-state index contributed by atoms with van der Waals surface area (Å²) in [5, 5.41) is 0. The van der Waals surface area contributed by atoms with Crippen LogP contribution in [0.1, 0.15) is 42.0 Å². The Labute approximate surface area is 193 Å². The molecular formula is C26H31NO2SSe. The van der Waals surface area contributed by atoms with Crippen LogP contribution in [0.4, 0.5) is 0 Å². The van der Waals surface area contributed by atoms with E-state index in [4.69, 9.17) is 0 Å². The van der Waals surface area contributed by atoms with E-state index in [1.54, 1.807) is 4.31 Å². The van der Waals surface area contributed by atoms with Crippen molar-refractivity contribution < 1.29 is 8.42 Å². The van der Waals surface area contributed by atoms with Crippen molar-refractivity contribution in [3.05, 3.63) is 82.6 Å². The van der Waals surface area contributed by atoms with E-state index in [1.807, 2.05) is 39.8 Å². The molecule has 0 N–H and O–H groups in total. The molecule has 1 aliphatic carbocycles. The van der Waals surface area contributed by atoms with Gasteiger partial charge in [0.05, 0.1) is 0 Å². The molecule has 164 valence electrons. The summed E-state index contributed by atoms with van der Waals surface area (Å²) in [4.78, 5) is 0.875.